The van der Waals surface area contributed by atoms with Crippen LogP contribution in [-0.4, -0.2) is 37.4 Å². The Morgan fingerprint density at radius 2 is 2.00 bits per heavy atom. The Hall–Kier alpha value is -0.610. The predicted molar refractivity (Wildman–Crippen MR) is 64.1 cm³/mol. The number of hydrogen-bond donors (Lipinski definition) is 2. The monoisotopic (exact) mass is 231 g/mol. The molecule has 0 aliphatic carbocycles. The van der Waals surface area contributed by atoms with Crippen molar-refractivity contribution in [1.82, 2.24) is 5.32 Å². The van der Waals surface area contributed by atoms with E-state index in [9.17, 15) is 4.79 Å². The molecule has 0 rings (SSSR count). The van der Waals surface area contributed by atoms with Crippen LogP contribution in [0.25, 0.3) is 0 Å². The van der Waals surface area contributed by atoms with Gasteiger partial charge in [-0.25, -0.2) is 0 Å². The number of esters is 1. The molecule has 16 heavy (non-hydrogen) atoms. The maximum Gasteiger partial charge on any atom is 0.308 e. The standard InChI is InChI=1S/C12H25NO3/c1-9(5-6-14)8-13-11(3)7-10(2)12(15)16-4/h9-11,13-14H,5-8H2,1-4H3. The first-order valence-electron chi connectivity index (χ1n) is 5.93. The molecule has 0 aliphatic heterocycles. The Morgan fingerprint density at radius 3 is 2.50 bits per heavy atom. The van der Waals surface area contributed by atoms with Gasteiger partial charge in [0, 0.05) is 12.6 Å². The Balaban J connectivity index is 3.73. The Morgan fingerprint density at radius 1 is 1.38 bits per heavy atom. The third-order valence-corrected chi connectivity index (χ3v) is 2.75. The van der Waals surface area contributed by atoms with Crippen LogP contribution in [-0.2, 0) is 9.53 Å². The van der Waals surface area contributed by atoms with Crippen molar-refractivity contribution in [2.24, 2.45) is 11.8 Å². The molecule has 0 aliphatic rings. The fourth-order valence-corrected chi connectivity index (χ4v) is 1.64. The summed E-state index contributed by atoms with van der Waals surface area (Å²) in [4.78, 5) is 11.2. The molecule has 4 nitrogen and oxygen atoms in total. The van der Waals surface area contributed by atoms with Crippen molar-refractivity contribution < 1.29 is 14.6 Å². The van der Waals surface area contributed by atoms with Gasteiger partial charge in [-0.1, -0.05) is 13.8 Å². The Kier molecular flexibility index (Phi) is 8.21. The number of hydrogen-bond acceptors (Lipinski definition) is 4. The first-order valence-corrected chi connectivity index (χ1v) is 5.93. The van der Waals surface area contributed by atoms with E-state index in [0.29, 0.717) is 5.92 Å². The van der Waals surface area contributed by atoms with Crippen molar-refractivity contribution in [2.75, 3.05) is 20.3 Å². The van der Waals surface area contributed by atoms with Crippen molar-refractivity contribution >= 4 is 5.97 Å². The number of carbonyl (C=O) groups excluding carboxylic acids is 1. The van der Waals surface area contributed by atoms with Crippen LogP contribution in [0.2, 0.25) is 0 Å². The van der Waals surface area contributed by atoms with Gasteiger partial charge in [0.1, 0.15) is 0 Å². The molecule has 0 fully saturated rings. The van der Waals surface area contributed by atoms with Crippen molar-refractivity contribution in [3.63, 3.8) is 0 Å². The molecule has 96 valence electrons. The molecule has 0 aromatic heterocycles. The smallest absolute Gasteiger partial charge is 0.308 e. The molecular weight excluding hydrogens is 206 g/mol. The van der Waals surface area contributed by atoms with Gasteiger partial charge in [0.25, 0.3) is 0 Å². The second kappa shape index (κ2) is 8.53. The van der Waals surface area contributed by atoms with Gasteiger partial charge in [-0.3, -0.25) is 4.79 Å². The molecule has 0 heterocycles. The lowest BCUT2D eigenvalue weighted by atomic mass is 10.0. The molecule has 4 heteroatoms. The SMILES string of the molecule is COC(=O)C(C)CC(C)NCC(C)CCO. The van der Waals surface area contributed by atoms with E-state index in [1.54, 1.807) is 0 Å². The van der Waals surface area contributed by atoms with E-state index in [-0.39, 0.29) is 24.5 Å². The lowest BCUT2D eigenvalue weighted by molar-refractivity contribution is -0.145. The van der Waals surface area contributed by atoms with Crippen LogP contribution in [0.5, 0.6) is 0 Å². The molecule has 0 aromatic carbocycles. The second-order valence-electron chi connectivity index (χ2n) is 4.59. The number of ether oxygens (including phenoxy) is 1. The zero-order chi connectivity index (χ0) is 12.6. The summed E-state index contributed by atoms with van der Waals surface area (Å²) in [5.41, 5.74) is 0. The van der Waals surface area contributed by atoms with Crippen LogP contribution in [0.4, 0.5) is 0 Å². The summed E-state index contributed by atoms with van der Waals surface area (Å²) >= 11 is 0. The van der Waals surface area contributed by atoms with Crippen LogP contribution in [0.15, 0.2) is 0 Å². The number of nitrogens with one attached hydrogen (secondary N) is 1. The average Bonchev–Trinajstić information content (AvgIpc) is 2.25. The molecule has 0 aromatic rings. The summed E-state index contributed by atoms with van der Waals surface area (Å²) in [6.45, 7) is 7.14. The zero-order valence-corrected chi connectivity index (χ0v) is 10.8. The molecule has 2 N–H and O–H groups in total. The molecule has 0 spiro atoms. The van der Waals surface area contributed by atoms with Crippen LogP contribution in [0.3, 0.4) is 0 Å². The van der Waals surface area contributed by atoms with E-state index in [1.165, 1.54) is 7.11 Å². The highest BCUT2D eigenvalue weighted by Crippen LogP contribution is 2.08. The Bertz CT molecular complexity index is 197. The third kappa shape index (κ3) is 6.80. The quantitative estimate of drug-likeness (QED) is 0.616. The van der Waals surface area contributed by atoms with Gasteiger partial charge in [0.2, 0.25) is 0 Å². The fraction of sp³-hybridized carbons (Fsp3) is 0.917. The van der Waals surface area contributed by atoms with Gasteiger partial charge >= 0.3 is 5.97 Å². The molecule has 3 atom stereocenters. The van der Waals surface area contributed by atoms with Crippen LogP contribution >= 0.6 is 0 Å². The minimum atomic E-state index is -0.156. The lowest BCUT2D eigenvalue weighted by Gasteiger charge is -2.19. The highest BCUT2D eigenvalue weighted by atomic mass is 16.5. The first kappa shape index (κ1) is 15.4. The minimum absolute atomic E-state index is 0.0688. The van der Waals surface area contributed by atoms with Gasteiger partial charge in [0.05, 0.1) is 13.0 Å². The van der Waals surface area contributed by atoms with E-state index in [2.05, 4.69) is 23.9 Å². The summed E-state index contributed by atoms with van der Waals surface area (Å²) in [7, 11) is 1.42. The number of methoxy groups -OCH3 is 1. The maximum absolute atomic E-state index is 11.2. The number of aliphatic hydroxyl groups is 1. The van der Waals surface area contributed by atoms with Gasteiger partial charge in [-0.15, -0.1) is 0 Å². The van der Waals surface area contributed by atoms with E-state index in [1.807, 2.05) is 6.92 Å². The van der Waals surface area contributed by atoms with E-state index >= 15 is 0 Å². The molecular formula is C12H25NO3. The summed E-state index contributed by atoms with van der Waals surface area (Å²) in [6, 6.07) is 0.287. The lowest BCUT2D eigenvalue weighted by Crippen LogP contribution is -2.33. The van der Waals surface area contributed by atoms with Crippen molar-refractivity contribution in [1.29, 1.82) is 0 Å². The molecule has 0 saturated carbocycles. The fourth-order valence-electron chi connectivity index (χ4n) is 1.64. The van der Waals surface area contributed by atoms with Crippen molar-refractivity contribution in [2.45, 2.75) is 39.7 Å². The minimum Gasteiger partial charge on any atom is -0.469 e. The number of aliphatic hydroxyl groups excluding tert-OH is 1. The van der Waals surface area contributed by atoms with Crippen molar-refractivity contribution in [3.05, 3.63) is 0 Å². The topological polar surface area (TPSA) is 58.6 Å². The summed E-state index contributed by atoms with van der Waals surface area (Å²) in [5, 5.41) is 12.1. The van der Waals surface area contributed by atoms with Gasteiger partial charge in [-0.2, -0.15) is 0 Å². The first-order chi connectivity index (χ1) is 7.51. The summed E-state index contributed by atoms with van der Waals surface area (Å²) < 4.78 is 4.68. The van der Waals surface area contributed by atoms with Gasteiger partial charge in [0.15, 0.2) is 0 Å². The molecule has 0 saturated heterocycles. The number of rotatable bonds is 8. The largest absolute Gasteiger partial charge is 0.469 e. The summed E-state index contributed by atoms with van der Waals surface area (Å²) in [6.07, 6.45) is 1.59. The molecule has 3 unspecified atom stereocenters. The molecule has 0 radical (unpaired) electrons. The van der Waals surface area contributed by atoms with Gasteiger partial charge < -0.3 is 15.2 Å². The highest BCUT2D eigenvalue weighted by molar-refractivity contribution is 5.71. The summed E-state index contributed by atoms with van der Waals surface area (Å²) in [5.74, 6) is 0.235. The normalized spacial score (nSPS) is 16.6. The van der Waals surface area contributed by atoms with E-state index < -0.39 is 0 Å². The zero-order valence-electron chi connectivity index (χ0n) is 10.8. The van der Waals surface area contributed by atoms with Gasteiger partial charge in [-0.05, 0) is 32.2 Å². The van der Waals surface area contributed by atoms with Crippen LogP contribution in [0, 0.1) is 11.8 Å². The number of carbonyl (C=O) groups is 1. The maximum atomic E-state index is 11.2. The second-order valence-corrected chi connectivity index (χ2v) is 4.59. The molecule has 0 amide bonds. The third-order valence-electron chi connectivity index (χ3n) is 2.75. The van der Waals surface area contributed by atoms with Crippen molar-refractivity contribution in [3.8, 4) is 0 Å². The van der Waals surface area contributed by atoms with E-state index in [4.69, 9.17) is 5.11 Å². The van der Waals surface area contributed by atoms with E-state index in [0.717, 1.165) is 19.4 Å². The van der Waals surface area contributed by atoms with Crippen LogP contribution in [0.1, 0.15) is 33.6 Å². The average molecular weight is 231 g/mol. The Labute approximate surface area is 98.4 Å². The highest BCUT2D eigenvalue weighted by Gasteiger charge is 2.16. The van der Waals surface area contributed by atoms with Crippen LogP contribution < -0.4 is 5.32 Å². The molecule has 0 bridgehead atoms. The predicted octanol–water partition coefficient (Wildman–Crippen LogP) is 1.18.